The Hall–Kier alpha value is -2.94. The molecule has 6 atom stereocenters. The number of primary amides is 1. The van der Waals surface area contributed by atoms with Crippen LogP contribution < -0.4 is 66.7 Å². The first kappa shape index (κ1) is 39.1. The van der Waals surface area contributed by atoms with Crippen LogP contribution in [0, 0.1) is 5.92 Å². The highest BCUT2D eigenvalue weighted by atomic mass is 16.2. The Morgan fingerprint density at radius 2 is 1.10 bits per heavy atom. The summed E-state index contributed by atoms with van der Waals surface area (Å²) in [5.74, 6) is -6.23. The first-order chi connectivity index (χ1) is 19.5. The van der Waals surface area contributed by atoms with Gasteiger partial charge in [-0.3, -0.25) is 39.4 Å². The first-order valence-electron chi connectivity index (χ1n) is 13.7. The maximum absolute atomic E-state index is 13.3. The van der Waals surface area contributed by atoms with Crippen molar-refractivity contribution in [3.63, 3.8) is 0 Å². The van der Waals surface area contributed by atoms with Crippen LogP contribution in [0.5, 0.6) is 0 Å². The zero-order chi connectivity index (χ0) is 32.6. The van der Waals surface area contributed by atoms with Gasteiger partial charge in [0.1, 0.15) is 18.4 Å². The summed E-state index contributed by atoms with van der Waals surface area (Å²) in [7, 11) is 1.58. The zero-order valence-electron chi connectivity index (χ0n) is 24.6. The Labute approximate surface area is 245 Å². The van der Waals surface area contributed by atoms with Gasteiger partial charge in [-0.1, -0.05) is 6.92 Å². The van der Waals surface area contributed by atoms with Crippen molar-refractivity contribution in [3.8, 4) is 0 Å². The van der Waals surface area contributed by atoms with Crippen molar-refractivity contribution in [2.75, 3.05) is 20.1 Å². The van der Waals surface area contributed by atoms with Crippen LogP contribution in [-0.2, 0) is 28.8 Å². The van der Waals surface area contributed by atoms with Crippen LogP contribution in [0.25, 0.3) is 0 Å². The second kappa shape index (κ2) is 20.1. The number of ketones is 3. The van der Waals surface area contributed by atoms with Crippen molar-refractivity contribution in [2.24, 2.45) is 46.1 Å². The third-order valence-corrected chi connectivity index (χ3v) is 6.43. The number of amides is 3. The highest BCUT2D eigenvalue weighted by Gasteiger charge is 2.38. The molecule has 0 aliphatic heterocycles. The second-order valence-electron chi connectivity index (χ2n) is 10.1. The van der Waals surface area contributed by atoms with E-state index in [1.807, 2.05) is 0 Å². The van der Waals surface area contributed by atoms with E-state index >= 15 is 0 Å². The Bertz CT molecular complexity index is 918. The van der Waals surface area contributed by atoms with Crippen molar-refractivity contribution in [1.82, 2.24) is 26.6 Å². The number of nitrogens with one attached hydrogen (secondary N) is 5. The Balaban J connectivity index is 5.77. The molecule has 0 spiro atoms. The summed E-state index contributed by atoms with van der Waals surface area (Å²) in [6.45, 7) is 3.70. The lowest BCUT2D eigenvalue weighted by Crippen LogP contribution is -2.62. The SMILES string of the molecule is CN[C@@H](C)C(=O)CC(C)C(=O)NC(C(=O)NC(C(N)=O)C(=O)[C@@H](N)CCCNC(N)N)C(=O)[C@@H](N)CCCNC(N)N. The average Bonchev–Trinajstić information content (AvgIpc) is 2.92. The van der Waals surface area contributed by atoms with Gasteiger partial charge >= 0.3 is 0 Å². The lowest BCUT2D eigenvalue weighted by atomic mass is 9.96. The topological polar surface area (TPSA) is 345 Å². The van der Waals surface area contributed by atoms with Crippen molar-refractivity contribution in [3.05, 3.63) is 0 Å². The minimum atomic E-state index is -1.90. The quantitative estimate of drug-likeness (QED) is 0.0294. The standard InChI is InChI=1S/C24H50N12O6/c1-11(10-15(37)12(2)32-3)21(41)36-17(19(39)14(26)7-5-9-34-24(30)31)22(42)35-16(20(27)40)18(38)13(25)6-4-8-33-23(28)29/h11-14,16-17,23-24,32-34H,4-10,25-26,28-31H2,1-3H3,(H2,27,40)(H,35,42)(H,36,41)/t11?,12-,13-,14-,16?,17?/m0/s1. The van der Waals surface area contributed by atoms with Crippen LogP contribution in [-0.4, -0.2) is 98.0 Å². The van der Waals surface area contributed by atoms with Crippen LogP contribution in [0.1, 0.15) is 46.0 Å². The van der Waals surface area contributed by atoms with Gasteiger partial charge in [0.05, 0.1) is 18.1 Å². The van der Waals surface area contributed by atoms with Gasteiger partial charge in [-0.15, -0.1) is 0 Å². The van der Waals surface area contributed by atoms with Gasteiger partial charge in [0, 0.05) is 12.3 Å². The van der Waals surface area contributed by atoms with Gasteiger partial charge < -0.3 is 56.1 Å². The fourth-order valence-corrected chi connectivity index (χ4v) is 3.68. The fourth-order valence-electron chi connectivity index (χ4n) is 3.68. The van der Waals surface area contributed by atoms with Gasteiger partial charge in [-0.2, -0.15) is 0 Å². The molecule has 0 saturated heterocycles. The Morgan fingerprint density at radius 3 is 1.50 bits per heavy atom. The minimum Gasteiger partial charge on any atom is -0.367 e. The van der Waals surface area contributed by atoms with Crippen molar-refractivity contribution in [1.29, 1.82) is 0 Å². The second-order valence-corrected chi connectivity index (χ2v) is 10.1. The van der Waals surface area contributed by atoms with E-state index in [0.29, 0.717) is 25.9 Å². The van der Waals surface area contributed by atoms with Crippen molar-refractivity contribution in [2.45, 2.75) is 88.7 Å². The number of nitrogens with two attached hydrogens (primary N) is 7. The molecule has 3 amide bonds. The van der Waals surface area contributed by atoms with E-state index in [-0.39, 0.29) is 25.0 Å². The third kappa shape index (κ3) is 14.8. The smallest absolute Gasteiger partial charge is 0.251 e. The first-order valence-corrected chi connectivity index (χ1v) is 13.7. The van der Waals surface area contributed by atoms with Gasteiger partial charge in [-0.05, 0) is 52.7 Å². The number of carbonyl (C=O) groups excluding carboxylic acids is 6. The summed E-state index contributed by atoms with van der Waals surface area (Å²) in [5, 5.41) is 12.7. The summed E-state index contributed by atoms with van der Waals surface area (Å²) in [6.07, 6.45) is -0.866. The molecule has 3 unspecified atom stereocenters. The minimum absolute atomic E-state index is 0.0788. The molecule has 18 nitrogen and oxygen atoms in total. The molecule has 0 aromatic rings. The molecular formula is C24H50N12O6. The van der Waals surface area contributed by atoms with Gasteiger partial charge in [0.15, 0.2) is 23.7 Å². The number of likely N-dealkylation sites (N-methyl/N-ethyl adjacent to an activating group) is 1. The molecule has 0 aliphatic rings. The summed E-state index contributed by atoms with van der Waals surface area (Å²) >= 11 is 0. The Morgan fingerprint density at radius 1 is 0.667 bits per heavy atom. The van der Waals surface area contributed by atoms with Crippen LogP contribution >= 0.6 is 0 Å². The van der Waals surface area contributed by atoms with E-state index in [1.54, 1.807) is 14.0 Å². The van der Waals surface area contributed by atoms with E-state index in [4.69, 9.17) is 40.1 Å². The monoisotopic (exact) mass is 602 g/mol. The normalized spacial score (nSPS) is 15.8. The van der Waals surface area contributed by atoms with E-state index in [2.05, 4.69) is 26.6 Å². The number of Topliss-reactive ketones (excluding diaryl/α,β-unsaturated/α-hetero) is 3. The molecule has 0 radical (unpaired) electrons. The lowest BCUT2D eigenvalue weighted by Gasteiger charge is -2.25. The van der Waals surface area contributed by atoms with Crippen LogP contribution in [0.3, 0.4) is 0 Å². The summed E-state index contributed by atoms with van der Waals surface area (Å²) in [4.78, 5) is 76.7. The molecule has 0 fully saturated rings. The number of carbonyl (C=O) groups is 6. The van der Waals surface area contributed by atoms with E-state index in [9.17, 15) is 28.8 Å². The molecule has 0 bridgehead atoms. The number of rotatable bonds is 23. The molecule has 242 valence electrons. The highest BCUT2D eigenvalue weighted by Crippen LogP contribution is 2.08. The molecule has 0 rings (SSSR count). The predicted octanol–water partition coefficient (Wildman–Crippen LogP) is -6.42. The Kier molecular flexibility index (Phi) is 18.6. The summed E-state index contributed by atoms with van der Waals surface area (Å²) in [5.41, 5.74) is 38.9. The molecule has 0 aliphatic carbocycles. The zero-order valence-corrected chi connectivity index (χ0v) is 24.6. The van der Waals surface area contributed by atoms with Gasteiger partial charge in [0.2, 0.25) is 11.8 Å². The number of hydrogen-bond acceptors (Lipinski definition) is 15. The maximum Gasteiger partial charge on any atom is 0.251 e. The maximum atomic E-state index is 13.3. The van der Waals surface area contributed by atoms with E-state index in [0.717, 1.165) is 0 Å². The van der Waals surface area contributed by atoms with Crippen molar-refractivity contribution < 1.29 is 28.8 Å². The van der Waals surface area contributed by atoms with E-state index < -0.39 is 78.0 Å². The molecule has 18 heteroatoms. The fraction of sp³-hybridized carbons (Fsp3) is 0.750. The van der Waals surface area contributed by atoms with Gasteiger partial charge in [-0.25, -0.2) is 0 Å². The van der Waals surface area contributed by atoms with Crippen molar-refractivity contribution >= 4 is 35.1 Å². The third-order valence-electron chi connectivity index (χ3n) is 6.43. The molecule has 0 aromatic heterocycles. The lowest BCUT2D eigenvalue weighted by molar-refractivity contribution is -0.141. The largest absolute Gasteiger partial charge is 0.367 e. The van der Waals surface area contributed by atoms with Crippen LogP contribution in [0.15, 0.2) is 0 Å². The predicted molar refractivity (Wildman–Crippen MR) is 155 cm³/mol. The molecular weight excluding hydrogens is 552 g/mol. The highest BCUT2D eigenvalue weighted by molar-refractivity contribution is 6.14. The number of hydrogen-bond donors (Lipinski definition) is 12. The summed E-state index contributed by atoms with van der Waals surface area (Å²) in [6, 6.07) is -6.77. The van der Waals surface area contributed by atoms with E-state index in [1.165, 1.54) is 6.92 Å². The molecule has 0 heterocycles. The average molecular weight is 603 g/mol. The molecule has 0 aromatic carbocycles. The summed E-state index contributed by atoms with van der Waals surface area (Å²) < 4.78 is 0. The molecule has 19 N–H and O–H groups in total. The van der Waals surface area contributed by atoms with Gasteiger partial charge in [0.25, 0.3) is 5.91 Å². The van der Waals surface area contributed by atoms with Crippen LogP contribution in [0.4, 0.5) is 0 Å². The molecule has 0 saturated carbocycles. The van der Waals surface area contributed by atoms with Crippen LogP contribution in [0.2, 0.25) is 0 Å². The molecule has 42 heavy (non-hydrogen) atoms.